The zero-order valence-corrected chi connectivity index (χ0v) is 24.3. The third-order valence-corrected chi connectivity index (χ3v) is 7.39. The lowest BCUT2D eigenvalue weighted by molar-refractivity contribution is -0.145. The average molecular weight is 576 g/mol. The summed E-state index contributed by atoms with van der Waals surface area (Å²) in [5.74, 6) is -3.91. The smallest absolute Gasteiger partial charge is 0.326 e. The van der Waals surface area contributed by atoms with Crippen molar-refractivity contribution in [3.63, 3.8) is 0 Å². The van der Waals surface area contributed by atoms with Crippen molar-refractivity contribution in [3.8, 4) is 0 Å². The number of hydrogen-bond donors (Lipinski definition) is 6. The summed E-state index contributed by atoms with van der Waals surface area (Å²) in [6.45, 7) is 6.82. The number of benzene rings is 1. The highest BCUT2D eigenvalue weighted by atomic mass is 16.4. The number of aliphatic carboxylic acids is 1. The molecule has 7 N–H and O–H groups in total. The SMILES string of the molecule is CC[C@H](C)[C@H](NC(=O)[C@H](CO)NC(=O)[C@@H]1CCCN1C(=O)[C@H](CC(C)C)NC(=O)[C@@H](N)Cc1ccccc1)C(=O)O. The molecule has 1 aromatic carbocycles. The second-order valence-electron chi connectivity index (χ2n) is 11.1. The predicted octanol–water partition coefficient (Wildman–Crippen LogP) is 0.171. The molecular formula is C29H45N5O7. The Morgan fingerprint density at radius 2 is 1.66 bits per heavy atom. The van der Waals surface area contributed by atoms with Crippen molar-refractivity contribution in [2.24, 2.45) is 17.6 Å². The number of aliphatic hydroxyl groups excluding tert-OH is 1. The van der Waals surface area contributed by atoms with Gasteiger partial charge in [-0.2, -0.15) is 0 Å². The Hall–Kier alpha value is -3.51. The van der Waals surface area contributed by atoms with Crippen LogP contribution in [0.25, 0.3) is 0 Å². The van der Waals surface area contributed by atoms with Crippen molar-refractivity contribution in [1.82, 2.24) is 20.9 Å². The molecule has 0 aliphatic carbocycles. The van der Waals surface area contributed by atoms with Gasteiger partial charge in [-0.3, -0.25) is 19.2 Å². The number of aliphatic hydroxyl groups is 1. The van der Waals surface area contributed by atoms with E-state index >= 15 is 0 Å². The van der Waals surface area contributed by atoms with E-state index in [2.05, 4.69) is 16.0 Å². The molecule has 4 amide bonds. The van der Waals surface area contributed by atoms with Gasteiger partial charge in [-0.15, -0.1) is 0 Å². The minimum absolute atomic E-state index is 0.0552. The molecule has 0 radical (unpaired) electrons. The highest BCUT2D eigenvalue weighted by molar-refractivity contribution is 5.95. The van der Waals surface area contributed by atoms with Gasteiger partial charge in [0.1, 0.15) is 24.2 Å². The summed E-state index contributed by atoms with van der Waals surface area (Å²) in [4.78, 5) is 65.5. The fourth-order valence-corrected chi connectivity index (χ4v) is 4.83. The number of rotatable bonds is 15. The van der Waals surface area contributed by atoms with Crippen LogP contribution < -0.4 is 21.7 Å². The minimum atomic E-state index is -1.40. The molecule has 0 unspecified atom stereocenters. The second kappa shape index (κ2) is 16.1. The molecule has 1 saturated heterocycles. The van der Waals surface area contributed by atoms with Crippen molar-refractivity contribution >= 4 is 29.6 Å². The number of hydrogen-bond acceptors (Lipinski definition) is 7. The molecule has 0 aromatic heterocycles. The number of carbonyl (C=O) groups is 5. The first kappa shape index (κ1) is 33.7. The fraction of sp³-hybridized carbons (Fsp3) is 0.621. The molecule has 0 saturated carbocycles. The van der Waals surface area contributed by atoms with E-state index in [1.54, 1.807) is 13.8 Å². The van der Waals surface area contributed by atoms with E-state index in [1.807, 2.05) is 44.2 Å². The van der Waals surface area contributed by atoms with E-state index in [9.17, 15) is 34.2 Å². The molecule has 12 nitrogen and oxygen atoms in total. The van der Waals surface area contributed by atoms with Crippen LogP contribution in [0.2, 0.25) is 0 Å². The molecule has 12 heteroatoms. The van der Waals surface area contributed by atoms with Crippen LogP contribution in [0.5, 0.6) is 0 Å². The Balaban J connectivity index is 2.10. The summed E-state index contributed by atoms with van der Waals surface area (Å²) in [5.41, 5.74) is 7.03. The maximum Gasteiger partial charge on any atom is 0.326 e. The number of nitrogens with one attached hydrogen (secondary N) is 3. The number of nitrogens with zero attached hydrogens (tertiary/aromatic N) is 1. The largest absolute Gasteiger partial charge is 0.480 e. The van der Waals surface area contributed by atoms with Crippen LogP contribution >= 0.6 is 0 Å². The third kappa shape index (κ3) is 9.82. The highest BCUT2D eigenvalue weighted by Crippen LogP contribution is 2.21. The molecule has 1 aromatic rings. The molecule has 228 valence electrons. The lowest BCUT2D eigenvalue weighted by Crippen LogP contribution is -2.59. The van der Waals surface area contributed by atoms with Crippen molar-refractivity contribution < 1.29 is 34.2 Å². The van der Waals surface area contributed by atoms with Crippen molar-refractivity contribution in [2.75, 3.05) is 13.2 Å². The summed E-state index contributed by atoms with van der Waals surface area (Å²) in [7, 11) is 0. The molecule has 1 heterocycles. The Labute approximate surface area is 241 Å². The quantitative estimate of drug-likeness (QED) is 0.170. The lowest BCUT2D eigenvalue weighted by Gasteiger charge is -2.31. The summed E-state index contributed by atoms with van der Waals surface area (Å²) in [6, 6.07) is 4.03. The van der Waals surface area contributed by atoms with Crippen molar-refractivity contribution in [1.29, 1.82) is 0 Å². The summed E-state index contributed by atoms with van der Waals surface area (Å²) in [6.07, 6.45) is 2.00. The molecule has 0 bridgehead atoms. The van der Waals surface area contributed by atoms with E-state index in [1.165, 1.54) is 4.90 Å². The number of likely N-dealkylation sites (tertiary alicyclic amines) is 1. The monoisotopic (exact) mass is 575 g/mol. The van der Waals surface area contributed by atoms with Crippen LogP contribution in [0.4, 0.5) is 0 Å². The fourth-order valence-electron chi connectivity index (χ4n) is 4.83. The molecule has 1 aliphatic rings. The highest BCUT2D eigenvalue weighted by Gasteiger charge is 2.39. The second-order valence-corrected chi connectivity index (χ2v) is 11.1. The van der Waals surface area contributed by atoms with E-state index in [0.717, 1.165) is 5.56 Å². The van der Waals surface area contributed by atoms with Crippen LogP contribution in [0.15, 0.2) is 30.3 Å². The van der Waals surface area contributed by atoms with Gasteiger partial charge in [0.15, 0.2) is 0 Å². The van der Waals surface area contributed by atoms with Crippen LogP contribution in [0.1, 0.15) is 58.9 Å². The zero-order valence-electron chi connectivity index (χ0n) is 24.3. The van der Waals surface area contributed by atoms with E-state index in [4.69, 9.17) is 5.73 Å². The number of nitrogens with two attached hydrogens (primary N) is 1. The summed E-state index contributed by atoms with van der Waals surface area (Å²) >= 11 is 0. The predicted molar refractivity (Wildman–Crippen MR) is 152 cm³/mol. The van der Waals surface area contributed by atoms with E-state index < -0.39 is 66.4 Å². The van der Waals surface area contributed by atoms with Crippen molar-refractivity contribution in [3.05, 3.63) is 35.9 Å². The normalized spacial score (nSPS) is 18.6. The van der Waals surface area contributed by atoms with Gasteiger partial charge in [-0.25, -0.2) is 4.79 Å². The van der Waals surface area contributed by atoms with Gasteiger partial charge >= 0.3 is 5.97 Å². The number of carboxylic acids is 1. The van der Waals surface area contributed by atoms with Gasteiger partial charge in [0.25, 0.3) is 0 Å². The first-order valence-electron chi connectivity index (χ1n) is 14.2. The van der Waals surface area contributed by atoms with Gasteiger partial charge < -0.3 is 36.8 Å². The number of amides is 4. The minimum Gasteiger partial charge on any atom is -0.480 e. The number of carboxylic acid groups (broad SMARTS) is 1. The first-order chi connectivity index (χ1) is 19.4. The Bertz CT molecular complexity index is 1050. The van der Waals surface area contributed by atoms with Gasteiger partial charge in [0.05, 0.1) is 12.6 Å². The maximum absolute atomic E-state index is 13.6. The van der Waals surface area contributed by atoms with Gasteiger partial charge in [0.2, 0.25) is 23.6 Å². The van der Waals surface area contributed by atoms with Crippen LogP contribution in [0, 0.1) is 11.8 Å². The van der Waals surface area contributed by atoms with E-state index in [-0.39, 0.29) is 18.4 Å². The lowest BCUT2D eigenvalue weighted by atomic mass is 9.99. The summed E-state index contributed by atoms with van der Waals surface area (Å²) < 4.78 is 0. The zero-order chi connectivity index (χ0) is 30.7. The van der Waals surface area contributed by atoms with Crippen molar-refractivity contribution in [2.45, 2.75) is 90.0 Å². The Morgan fingerprint density at radius 3 is 2.22 bits per heavy atom. The Kier molecular flexibility index (Phi) is 13.2. The maximum atomic E-state index is 13.6. The molecule has 1 aliphatic heterocycles. The molecule has 6 atom stereocenters. The van der Waals surface area contributed by atoms with Crippen LogP contribution in [0.3, 0.4) is 0 Å². The molecule has 0 spiro atoms. The van der Waals surface area contributed by atoms with Crippen LogP contribution in [-0.2, 0) is 30.4 Å². The first-order valence-corrected chi connectivity index (χ1v) is 14.2. The van der Waals surface area contributed by atoms with Gasteiger partial charge in [-0.05, 0) is 43.1 Å². The Morgan fingerprint density at radius 1 is 1.00 bits per heavy atom. The third-order valence-electron chi connectivity index (χ3n) is 7.39. The molecule has 41 heavy (non-hydrogen) atoms. The standard InChI is InChI=1S/C29H45N5O7/c1-5-18(4)24(29(40)41)33-26(37)22(16-35)32-27(38)23-12-9-13-34(23)28(39)21(14-17(2)3)31-25(36)20(30)15-19-10-7-6-8-11-19/h6-8,10-11,17-18,20-24,35H,5,9,12-16,30H2,1-4H3,(H,31,36)(H,32,38)(H,33,37)(H,40,41)/t18-,20-,21-,22-,23-,24-/m0/s1. The van der Waals surface area contributed by atoms with Gasteiger partial charge in [0, 0.05) is 6.54 Å². The van der Waals surface area contributed by atoms with Gasteiger partial charge in [-0.1, -0.05) is 64.4 Å². The molecule has 1 fully saturated rings. The average Bonchev–Trinajstić information content (AvgIpc) is 3.43. The topological polar surface area (TPSA) is 191 Å². The number of carbonyl (C=O) groups excluding carboxylic acids is 4. The molecular weight excluding hydrogens is 530 g/mol. The molecule has 2 rings (SSSR count). The van der Waals surface area contributed by atoms with Crippen LogP contribution in [-0.4, -0.2) is 88.1 Å². The summed E-state index contributed by atoms with van der Waals surface area (Å²) in [5, 5.41) is 26.9. The van der Waals surface area contributed by atoms with E-state index in [0.29, 0.717) is 32.1 Å².